The maximum absolute atomic E-state index is 16.1. The molecule has 0 aromatic carbocycles. The van der Waals surface area contributed by atoms with Crippen molar-refractivity contribution in [3.63, 3.8) is 0 Å². The lowest BCUT2D eigenvalue weighted by Gasteiger charge is -2.41. The van der Waals surface area contributed by atoms with Gasteiger partial charge in [-0.2, -0.15) is 13.8 Å². The van der Waals surface area contributed by atoms with Crippen LogP contribution < -0.4 is 10.7 Å². The van der Waals surface area contributed by atoms with Gasteiger partial charge in [0.15, 0.2) is 16.6 Å². The van der Waals surface area contributed by atoms with Crippen LogP contribution in [0.15, 0.2) is 17.1 Å². The lowest BCUT2D eigenvalue weighted by atomic mass is 10.1. The number of halogens is 2. The highest BCUT2D eigenvalue weighted by Crippen LogP contribution is 2.48. The molecular formula is C24H47F2N3O4Si3. The summed E-state index contributed by atoms with van der Waals surface area (Å²) in [5.74, 6) is -3.08. The van der Waals surface area contributed by atoms with E-state index in [1.807, 2.05) is 33.9 Å². The van der Waals surface area contributed by atoms with Gasteiger partial charge in [0.2, 0.25) is 6.23 Å². The SMILES string of the molecule is CC(C)(C)[Si](C)(C)OC[C@H]1OC(n2ccc(N[Si](C)(C)C)nc2=O)C(F)(F)[C@H]1O[Si](C)(C)C(C)(C)C. The van der Waals surface area contributed by atoms with Gasteiger partial charge in [-0.25, -0.2) is 4.79 Å². The Balaban J connectivity index is 2.46. The van der Waals surface area contributed by atoms with E-state index in [1.54, 1.807) is 6.07 Å². The zero-order chi connectivity index (χ0) is 28.1. The molecule has 1 aliphatic heterocycles. The smallest absolute Gasteiger partial charge is 0.351 e. The third kappa shape index (κ3) is 6.93. The number of anilines is 1. The van der Waals surface area contributed by atoms with Gasteiger partial charge in [0, 0.05) is 6.20 Å². The predicted octanol–water partition coefficient (Wildman–Crippen LogP) is 6.44. The van der Waals surface area contributed by atoms with Crippen molar-refractivity contribution in [1.82, 2.24) is 9.55 Å². The molecule has 1 aromatic rings. The summed E-state index contributed by atoms with van der Waals surface area (Å²) < 4.78 is 51.5. The Hall–Kier alpha value is -0.929. The van der Waals surface area contributed by atoms with E-state index in [9.17, 15) is 4.79 Å². The number of rotatable bonds is 8. The van der Waals surface area contributed by atoms with E-state index in [2.05, 4.69) is 63.5 Å². The number of ether oxygens (including phenoxy) is 1. The van der Waals surface area contributed by atoms with E-state index in [-0.39, 0.29) is 16.7 Å². The molecule has 1 N–H and O–H groups in total. The average molecular weight is 564 g/mol. The third-order valence-corrected chi connectivity index (χ3v) is 17.5. The fourth-order valence-corrected chi connectivity index (χ4v) is 6.51. The summed E-state index contributed by atoms with van der Waals surface area (Å²) in [6.45, 7) is 26.5. The number of hydrogen-bond acceptors (Lipinski definition) is 6. The van der Waals surface area contributed by atoms with Crippen LogP contribution in [-0.4, -0.2) is 59.2 Å². The minimum atomic E-state index is -3.46. The Kier molecular flexibility index (Phi) is 8.68. The number of aromatic nitrogens is 2. The summed E-state index contributed by atoms with van der Waals surface area (Å²) in [5, 5.41) is -0.377. The number of alkyl halides is 2. The van der Waals surface area contributed by atoms with Gasteiger partial charge in [-0.3, -0.25) is 4.57 Å². The van der Waals surface area contributed by atoms with Crippen LogP contribution in [0.5, 0.6) is 0 Å². The Labute approximate surface area is 218 Å². The van der Waals surface area contributed by atoms with E-state index >= 15 is 8.78 Å². The van der Waals surface area contributed by atoms with Crippen LogP contribution in [0.3, 0.4) is 0 Å². The first kappa shape index (κ1) is 31.3. The molecule has 0 saturated carbocycles. The molecule has 1 aliphatic rings. The largest absolute Gasteiger partial charge is 0.414 e. The minimum Gasteiger partial charge on any atom is -0.414 e. The van der Waals surface area contributed by atoms with Crippen LogP contribution in [0.2, 0.25) is 55.9 Å². The second-order valence-corrected chi connectivity index (χ2v) is 28.3. The average Bonchev–Trinajstić information content (AvgIpc) is 2.87. The zero-order valence-corrected chi connectivity index (χ0v) is 27.4. The molecule has 7 nitrogen and oxygen atoms in total. The van der Waals surface area contributed by atoms with Crippen LogP contribution >= 0.6 is 0 Å². The van der Waals surface area contributed by atoms with Crippen molar-refractivity contribution in [3.05, 3.63) is 22.7 Å². The topological polar surface area (TPSA) is 74.6 Å². The van der Waals surface area contributed by atoms with E-state index in [0.29, 0.717) is 5.82 Å². The van der Waals surface area contributed by atoms with Gasteiger partial charge in [-0.05, 0) is 42.3 Å². The molecule has 0 radical (unpaired) electrons. The molecule has 1 unspecified atom stereocenters. The van der Waals surface area contributed by atoms with Crippen LogP contribution in [0, 0.1) is 0 Å². The van der Waals surface area contributed by atoms with Gasteiger partial charge in [-0.1, -0.05) is 61.2 Å². The molecule has 3 atom stereocenters. The first-order valence-electron chi connectivity index (χ1n) is 12.6. The molecule has 0 spiro atoms. The Morgan fingerprint density at radius 1 is 1.03 bits per heavy atom. The molecule has 0 amide bonds. The molecule has 36 heavy (non-hydrogen) atoms. The maximum atomic E-state index is 16.1. The molecule has 0 aliphatic carbocycles. The zero-order valence-electron chi connectivity index (χ0n) is 24.4. The molecule has 208 valence electrons. The molecule has 1 aromatic heterocycles. The van der Waals surface area contributed by atoms with Gasteiger partial charge in [0.25, 0.3) is 0 Å². The van der Waals surface area contributed by atoms with E-state index in [4.69, 9.17) is 13.6 Å². The standard InChI is InChI=1S/C24H47F2N3O4Si3/c1-22(2,3)35(10,11)31-16-17-19(33-36(12,13)23(4,5)6)24(25,26)20(32-17)29-15-14-18(27-21(29)30)28-34(7,8)9/h14-15,17,19-20H,16H2,1-13H3,(H,27,28,30)/t17-,19+,20?/m1/s1. The molecule has 1 saturated heterocycles. The molecule has 0 bridgehead atoms. The molecule has 2 heterocycles. The second-order valence-electron chi connectivity index (χ2n) is 13.9. The second kappa shape index (κ2) is 9.99. The van der Waals surface area contributed by atoms with Gasteiger partial charge >= 0.3 is 11.6 Å². The number of nitrogens with one attached hydrogen (secondary N) is 1. The fourth-order valence-electron chi connectivity index (χ4n) is 3.29. The molecule has 1 fully saturated rings. The van der Waals surface area contributed by atoms with Crippen molar-refractivity contribution in [2.45, 2.75) is 122 Å². The molecule has 2 rings (SSSR count). The summed E-state index contributed by atoms with van der Waals surface area (Å²) >= 11 is 0. The fraction of sp³-hybridized carbons (Fsp3) is 0.833. The maximum Gasteiger partial charge on any atom is 0.351 e. The van der Waals surface area contributed by atoms with Crippen LogP contribution in [-0.2, 0) is 13.6 Å². The highest BCUT2D eigenvalue weighted by molar-refractivity contribution is 6.79. The van der Waals surface area contributed by atoms with Gasteiger partial charge in [-0.15, -0.1) is 0 Å². The molecular weight excluding hydrogens is 517 g/mol. The normalized spacial score (nSPS) is 23.7. The third-order valence-electron chi connectivity index (χ3n) is 7.58. The van der Waals surface area contributed by atoms with Crippen molar-refractivity contribution in [1.29, 1.82) is 0 Å². The van der Waals surface area contributed by atoms with Crippen LogP contribution in [0.25, 0.3) is 0 Å². The van der Waals surface area contributed by atoms with Crippen molar-refractivity contribution in [3.8, 4) is 0 Å². The summed E-state index contributed by atoms with van der Waals surface area (Å²) in [4.78, 5) is 20.1. The van der Waals surface area contributed by atoms with Crippen LogP contribution in [0.4, 0.5) is 14.6 Å². The molecule has 12 heteroatoms. The van der Waals surface area contributed by atoms with Gasteiger partial charge in [0.05, 0.1) is 6.61 Å². The quantitative estimate of drug-likeness (QED) is 0.367. The van der Waals surface area contributed by atoms with Crippen molar-refractivity contribution in [2.75, 3.05) is 11.6 Å². The first-order valence-corrected chi connectivity index (χ1v) is 21.9. The summed E-state index contributed by atoms with van der Waals surface area (Å²) in [5.41, 5.74) is -0.792. The Bertz CT molecular complexity index is 983. The van der Waals surface area contributed by atoms with Crippen molar-refractivity contribution in [2.24, 2.45) is 0 Å². The minimum absolute atomic E-state index is 0.0285. The predicted molar refractivity (Wildman–Crippen MR) is 150 cm³/mol. The van der Waals surface area contributed by atoms with Gasteiger partial charge in [0.1, 0.15) is 26.3 Å². The summed E-state index contributed by atoms with van der Waals surface area (Å²) in [6.07, 6.45) is -3.07. The Morgan fingerprint density at radius 2 is 1.56 bits per heavy atom. The first-order chi connectivity index (χ1) is 15.9. The highest BCUT2D eigenvalue weighted by atomic mass is 28.4. The Morgan fingerprint density at radius 3 is 2.00 bits per heavy atom. The van der Waals surface area contributed by atoms with Crippen molar-refractivity contribution < 1.29 is 22.4 Å². The van der Waals surface area contributed by atoms with Gasteiger partial charge < -0.3 is 18.6 Å². The number of nitrogens with zero attached hydrogens (tertiary/aromatic N) is 2. The van der Waals surface area contributed by atoms with E-state index < -0.39 is 54.9 Å². The summed E-state index contributed by atoms with van der Waals surface area (Å²) in [6, 6.07) is 1.54. The highest BCUT2D eigenvalue weighted by Gasteiger charge is 2.63. The monoisotopic (exact) mass is 563 g/mol. The van der Waals surface area contributed by atoms with Crippen LogP contribution in [0.1, 0.15) is 47.8 Å². The summed E-state index contributed by atoms with van der Waals surface area (Å²) in [7, 11) is -6.62. The number of hydrogen-bond donors (Lipinski definition) is 1. The van der Waals surface area contributed by atoms with E-state index in [0.717, 1.165) is 4.57 Å². The van der Waals surface area contributed by atoms with E-state index in [1.165, 1.54) is 6.20 Å². The lowest BCUT2D eigenvalue weighted by Crippen LogP contribution is -2.53. The lowest BCUT2D eigenvalue weighted by molar-refractivity contribution is -0.138. The van der Waals surface area contributed by atoms with Crippen molar-refractivity contribution >= 4 is 30.7 Å².